The number of ketones is 1. The maximum atomic E-state index is 13.3. The first-order chi connectivity index (χ1) is 21.4. The summed E-state index contributed by atoms with van der Waals surface area (Å²) < 4.78 is 6.49. The number of piperidine rings is 1. The number of rotatable bonds is 14. The number of Topliss-reactive ketones (excluding diaryl/α,β-unsaturated/α-hetero) is 1. The maximum absolute atomic E-state index is 13.3. The second-order valence-electron chi connectivity index (χ2n) is 13.0. The van der Waals surface area contributed by atoms with Crippen molar-refractivity contribution in [1.29, 1.82) is 0 Å². The van der Waals surface area contributed by atoms with Gasteiger partial charge in [0.2, 0.25) is 11.9 Å². The van der Waals surface area contributed by atoms with Crippen LogP contribution in [0.5, 0.6) is 0 Å². The number of amides is 1. The van der Waals surface area contributed by atoms with Gasteiger partial charge in [-0.25, -0.2) is 15.0 Å². The van der Waals surface area contributed by atoms with Crippen LogP contribution in [-0.4, -0.2) is 64.3 Å². The molecule has 2 atom stereocenters. The zero-order valence-electron chi connectivity index (χ0n) is 26.3. The van der Waals surface area contributed by atoms with Crippen LogP contribution in [-0.2, 0) is 9.59 Å². The number of benzene rings is 1. The largest absolute Gasteiger partial charge is 0.440 e. The standard InChI is InChI=1S/C35H46N6O3/c1-3-28(42)9-6-5-7-10-29(35(32(36)43)24-34(35)15-19-40(4-2)20-16-34)31-37-23-30(44-31)26-13-11-25(12-14-26)27-21-38-33(39-22-27)41-17-8-18-41/h11-14,21-23,29H,3-10,15-20,24H2,1-2H3,(H2,36,43)/t29-,35?/m1/s1. The molecule has 2 N–H and O–H groups in total. The summed E-state index contributed by atoms with van der Waals surface area (Å²) >= 11 is 0. The van der Waals surface area contributed by atoms with Crippen molar-refractivity contribution in [2.45, 2.75) is 84.0 Å². The molecule has 9 nitrogen and oxygen atoms in total. The fourth-order valence-electron chi connectivity index (χ4n) is 7.59. The van der Waals surface area contributed by atoms with E-state index < -0.39 is 5.41 Å². The Morgan fingerprint density at radius 1 is 0.909 bits per heavy atom. The molecule has 3 aliphatic rings. The molecule has 1 aromatic carbocycles. The fourth-order valence-corrected chi connectivity index (χ4v) is 7.59. The molecular formula is C35H46N6O3. The average Bonchev–Trinajstić information content (AvgIpc) is 3.40. The van der Waals surface area contributed by atoms with Crippen LogP contribution in [0.3, 0.4) is 0 Å². The number of nitrogens with zero attached hydrogens (tertiary/aromatic N) is 5. The van der Waals surface area contributed by atoms with Gasteiger partial charge < -0.3 is 20.0 Å². The normalized spacial score (nSPS) is 21.6. The highest BCUT2D eigenvalue weighted by Gasteiger charge is 2.74. The van der Waals surface area contributed by atoms with Gasteiger partial charge in [0, 0.05) is 49.5 Å². The van der Waals surface area contributed by atoms with E-state index >= 15 is 0 Å². The predicted octanol–water partition coefficient (Wildman–Crippen LogP) is 6.00. The molecule has 1 aliphatic carbocycles. The van der Waals surface area contributed by atoms with Gasteiger partial charge >= 0.3 is 0 Å². The monoisotopic (exact) mass is 598 g/mol. The molecule has 3 fully saturated rings. The minimum atomic E-state index is -0.639. The Labute approximate surface area is 260 Å². The van der Waals surface area contributed by atoms with E-state index in [9.17, 15) is 9.59 Å². The van der Waals surface area contributed by atoms with E-state index in [1.54, 1.807) is 6.20 Å². The number of carbonyl (C=O) groups excluding carboxylic acids is 2. The van der Waals surface area contributed by atoms with E-state index in [1.807, 2.05) is 31.5 Å². The lowest BCUT2D eigenvalue weighted by Crippen LogP contribution is -2.42. The summed E-state index contributed by atoms with van der Waals surface area (Å²) in [5.74, 6) is 1.99. The van der Waals surface area contributed by atoms with E-state index in [1.165, 1.54) is 6.42 Å². The lowest BCUT2D eigenvalue weighted by molar-refractivity contribution is -0.126. The molecule has 2 saturated heterocycles. The number of nitrogens with two attached hydrogens (primary N) is 1. The van der Waals surface area contributed by atoms with Gasteiger partial charge in [-0.15, -0.1) is 0 Å². The van der Waals surface area contributed by atoms with Gasteiger partial charge in [-0.05, 0) is 69.1 Å². The number of unbranched alkanes of at least 4 members (excludes halogenated alkanes) is 2. The minimum absolute atomic E-state index is 0.0864. The van der Waals surface area contributed by atoms with E-state index in [4.69, 9.17) is 15.1 Å². The van der Waals surface area contributed by atoms with Crippen molar-refractivity contribution < 1.29 is 14.0 Å². The van der Waals surface area contributed by atoms with Crippen molar-refractivity contribution in [2.75, 3.05) is 37.6 Å². The van der Waals surface area contributed by atoms with Gasteiger partial charge in [-0.1, -0.05) is 51.0 Å². The predicted molar refractivity (Wildman–Crippen MR) is 171 cm³/mol. The Hall–Kier alpha value is -3.59. The molecule has 1 spiro atoms. The first kappa shape index (κ1) is 30.4. The Morgan fingerprint density at radius 3 is 2.23 bits per heavy atom. The number of primary amides is 1. The van der Waals surface area contributed by atoms with E-state index in [-0.39, 0.29) is 17.2 Å². The fraction of sp³-hybridized carbons (Fsp3) is 0.571. The molecule has 1 unspecified atom stereocenters. The van der Waals surface area contributed by atoms with Crippen molar-refractivity contribution in [3.8, 4) is 22.5 Å². The zero-order valence-corrected chi connectivity index (χ0v) is 26.3. The lowest BCUT2D eigenvalue weighted by Gasteiger charge is -2.36. The second kappa shape index (κ2) is 12.8. The first-order valence-electron chi connectivity index (χ1n) is 16.6. The zero-order chi connectivity index (χ0) is 30.7. The van der Waals surface area contributed by atoms with Crippen LogP contribution in [0.1, 0.15) is 89.9 Å². The third-order valence-corrected chi connectivity index (χ3v) is 10.7. The van der Waals surface area contributed by atoms with Crippen LogP contribution >= 0.6 is 0 Å². The highest BCUT2D eigenvalue weighted by atomic mass is 16.4. The van der Waals surface area contributed by atoms with Gasteiger partial charge in [-0.2, -0.15) is 0 Å². The molecule has 3 aromatic rings. The topological polar surface area (TPSA) is 118 Å². The van der Waals surface area contributed by atoms with Gasteiger partial charge in [-0.3, -0.25) is 9.59 Å². The van der Waals surface area contributed by atoms with Gasteiger partial charge in [0.15, 0.2) is 11.7 Å². The van der Waals surface area contributed by atoms with Gasteiger partial charge in [0.1, 0.15) is 5.78 Å². The summed E-state index contributed by atoms with van der Waals surface area (Å²) in [5.41, 5.74) is 8.49. The molecule has 9 heteroatoms. The van der Waals surface area contributed by atoms with Crippen molar-refractivity contribution in [3.05, 3.63) is 48.7 Å². The van der Waals surface area contributed by atoms with Crippen molar-refractivity contribution >= 4 is 17.6 Å². The van der Waals surface area contributed by atoms with Gasteiger partial charge in [0.25, 0.3) is 0 Å². The number of anilines is 1. The Balaban J connectivity index is 1.21. The van der Waals surface area contributed by atoms with E-state index in [0.29, 0.717) is 30.3 Å². The molecule has 2 aliphatic heterocycles. The summed E-state index contributed by atoms with van der Waals surface area (Å²) in [7, 11) is 0. The molecule has 44 heavy (non-hydrogen) atoms. The summed E-state index contributed by atoms with van der Waals surface area (Å²) in [5, 5.41) is 0. The number of oxazole rings is 1. The first-order valence-corrected chi connectivity index (χ1v) is 16.6. The summed E-state index contributed by atoms with van der Waals surface area (Å²) in [6.07, 6.45) is 14.2. The van der Waals surface area contributed by atoms with Gasteiger partial charge in [0.05, 0.1) is 17.5 Å². The SMILES string of the molecule is CCC(=O)CCCCC[C@H](c1ncc(-c2ccc(-c3cnc(N4CCC4)nc3)cc2)o1)C1(C(N)=O)CC12CCN(CC)CC2. The van der Waals surface area contributed by atoms with Crippen LogP contribution in [0.2, 0.25) is 0 Å². The molecule has 234 valence electrons. The molecule has 1 saturated carbocycles. The molecular weight excluding hydrogens is 552 g/mol. The van der Waals surface area contributed by atoms with E-state index in [2.05, 4.69) is 38.8 Å². The third-order valence-electron chi connectivity index (χ3n) is 10.7. The molecule has 0 bridgehead atoms. The highest BCUT2D eigenvalue weighted by Crippen LogP contribution is 2.75. The van der Waals surface area contributed by atoms with Crippen LogP contribution in [0.4, 0.5) is 5.95 Å². The van der Waals surface area contributed by atoms with Crippen LogP contribution in [0.15, 0.2) is 47.3 Å². The lowest BCUT2D eigenvalue weighted by atomic mass is 9.74. The number of hydrogen-bond acceptors (Lipinski definition) is 8. The third kappa shape index (κ3) is 5.78. The summed E-state index contributed by atoms with van der Waals surface area (Å²) in [6.45, 7) is 9.16. The molecule has 0 radical (unpaired) electrons. The molecule has 2 aromatic heterocycles. The van der Waals surface area contributed by atoms with E-state index in [0.717, 1.165) is 100 Å². The molecule has 6 rings (SSSR count). The van der Waals surface area contributed by atoms with Crippen molar-refractivity contribution in [2.24, 2.45) is 16.6 Å². The van der Waals surface area contributed by atoms with Crippen LogP contribution in [0, 0.1) is 10.8 Å². The quantitative estimate of drug-likeness (QED) is 0.225. The summed E-state index contributed by atoms with van der Waals surface area (Å²) in [4.78, 5) is 43.7. The smallest absolute Gasteiger partial charge is 0.225 e. The van der Waals surface area contributed by atoms with Crippen molar-refractivity contribution in [3.63, 3.8) is 0 Å². The highest BCUT2D eigenvalue weighted by molar-refractivity contribution is 5.87. The number of aromatic nitrogens is 3. The Morgan fingerprint density at radius 2 is 1.61 bits per heavy atom. The molecule has 1 amide bonds. The van der Waals surface area contributed by atoms with Crippen LogP contribution < -0.4 is 10.6 Å². The second-order valence-corrected chi connectivity index (χ2v) is 13.0. The van der Waals surface area contributed by atoms with Crippen LogP contribution in [0.25, 0.3) is 22.5 Å². The number of likely N-dealkylation sites (tertiary alicyclic amines) is 1. The molecule has 4 heterocycles. The van der Waals surface area contributed by atoms with Crippen molar-refractivity contribution in [1.82, 2.24) is 19.9 Å². The maximum Gasteiger partial charge on any atom is 0.225 e. The Bertz CT molecular complexity index is 1440. The Kier molecular flexibility index (Phi) is 8.85. The average molecular weight is 599 g/mol. The number of hydrogen-bond donors (Lipinski definition) is 1. The number of carbonyl (C=O) groups is 2. The summed E-state index contributed by atoms with van der Waals surface area (Å²) in [6, 6.07) is 8.17. The minimum Gasteiger partial charge on any atom is -0.440 e.